The molecule has 0 bridgehead atoms. The van der Waals surface area contributed by atoms with Gasteiger partial charge in [-0.2, -0.15) is 0 Å². The molecule has 0 radical (unpaired) electrons. The summed E-state index contributed by atoms with van der Waals surface area (Å²) in [6.07, 6.45) is 0.698. The molecule has 1 heterocycles. The van der Waals surface area contributed by atoms with Gasteiger partial charge in [-0.1, -0.05) is 43.7 Å². The molecular formula is C16H18ClN5O4S. The second kappa shape index (κ2) is 8.87. The molecule has 1 aromatic carbocycles. The number of hydrogen-bond acceptors (Lipinski definition) is 7. The molecule has 1 unspecified atom stereocenters. The number of nitrogens with zero attached hydrogens (tertiary/aromatic N) is 3. The average molecular weight is 412 g/mol. The van der Waals surface area contributed by atoms with Gasteiger partial charge < -0.3 is 5.32 Å². The SMILES string of the molecule is CCc1nnc(NC(=O)C(NC(=O)c2cc([N+](=O)[O-])ccc2Cl)C(C)C)s1. The summed E-state index contributed by atoms with van der Waals surface area (Å²) in [6.45, 7) is 5.44. The Labute approximate surface area is 164 Å². The molecule has 0 saturated carbocycles. The summed E-state index contributed by atoms with van der Waals surface area (Å²) in [7, 11) is 0. The highest BCUT2D eigenvalue weighted by molar-refractivity contribution is 7.15. The van der Waals surface area contributed by atoms with Crippen molar-refractivity contribution in [3.8, 4) is 0 Å². The quantitative estimate of drug-likeness (QED) is 0.532. The Hall–Kier alpha value is -2.59. The molecular weight excluding hydrogens is 394 g/mol. The van der Waals surface area contributed by atoms with Crippen LogP contribution in [0.4, 0.5) is 10.8 Å². The monoisotopic (exact) mass is 411 g/mol. The maximum atomic E-state index is 12.6. The number of nitrogens with one attached hydrogen (secondary N) is 2. The number of benzene rings is 1. The summed E-state index contributed by atoms with van der Waals surface area (Å²) in [5.74, 6) is -1.38. The second-order valence-corrected chi connectivity index (χ2v) is 7.43. The van der Waals surface area contributed by atoms with E-state index < -0.39 is 22.8 Å². The van der Waals surface area contributed by atoms with E-state index in [9.17, 15) is 19.7 Å². The van der Waals surface area contributed by atoms with Crippen LogP contribution in [0.5, 0.6) is 0 Å². The van der Waals surface area contributed by atoms with Crippen molar-refractivity contribution in [2.45, 2.75) is 33.2 Å². The smallest absolute Gasteiger partial charge is 0.270 e. The summed E-state index contributed by atoms with van der Waals surface area (Å²) in [5.41, 5.74) is -0.343. The fourth-order valence-electron chi connectivity index (χ4n) is 2.18. The summed E-state index contributed by atoms with van der Waals surface area (Å²) >= 11 is 7.24. The lowest BCUT2D eigenvalue weighted by molar-refractivity contribution is -0.384. The van der Waals surface area contributed by atoms with Gasteiger partial charge in [0.15, 0.2) is 0 Å². The van der Waals surface area contributed by atoms with Gasteiger partial charge in [-0.25, -0.2) is 0 Å². The lowest BCUT2D eigenvalue weighted by Gasteiger charge is -2.21. The fourth-order valence-corrected chi connectivity index (χ4v) is 3.07. The minimum Gasteiger partial charge on any atom is -0.340 e. The van der Waals surface area contributed by atoms with Crippen molar-refractivity contribution in [1.82, 2.24) is 15.5 Å². The number of amides is 2. The molecule has 1 atom stereocenters. The van der Waals surface area contributed by atoms with E-state index in [1.807, 2.05) is 6.92 Å². The van der Waals surface area contributed by atoms with Crippen molar-refractivity contribution in [3.05, 3.63) is 43.9 Å². The lowest BCUT2D eigenvalue weighted by atomic mass is 10.0. The molecule has 2 amide bonds. The number of aromatic nitrogens is 2. The predicted molar refractivity (Wildman–Crippen MR) is 102 cm³/mol. The van der Waals surface area contributed by atoms with Gasteiger partial charge >= 0.3 is 0 Å². The Morgan fingerprint density at radius 2 is 2.04 bits per heavy atom. The maximum absolute atomic E-state index is 12.6. The fraction of sp³-hybridized carbons (Fsp3) is 0.375. The molecule has 1 aromatic heterocycles. The van der Waals surface area contributed by atoms with E-state index in [0.29, 0.717) is 11.6 Å². The van der Waals surface area contributed by atoms with Gasteiger partial charge in [-0.3, -0.25) is 25.0 Å². The van der Waals surface area contributed by atoms with Crippen molar-refractivity contribution in [1.29, 1.82) is 0 Å². The Morgan fingerprint density at radius 1 is 1.33 bits per heavy atom. The molecule has 0 aliphatic carbocycles. The predicted octanol–water partition coefficient (Wildman–Crippen LogP) is 3.06. The third-order valence-electron chi connectivity index (χ3n) is 3.64. The van der Waals surface area contributed by atoms with E-state index in [-0.39, 0.29) is 22.2 Å². The van der Waals surface area contributed by atoms with Crippen LogP contribution < -0.4 is 10.6 Å². The molecule has 11 heteroatoms. The third-order valence-corrected chi connectivity index (χ3v) is 4.95. The normalized spacial score (nSPS) is 11.9. The first-order valence-electron chi connectivity index (χ1n) is 8.11. The number of nitro groups is 1. The number of halogens is 1. The second-order valence-electron chi connectivity index (χ2n) is 5.96. The average Bonchev–Trinajstić information content (AvgIpc) is 3.06. The van der Waals surface area contributed by atoms with E-state index in [1.54, 1.807) is 13.8 Å². The summed E-state index contributed by atoms with van der Waals surface area (Å²) < 4.78 is 0. The zero-order valence-electron chi connectivity index (χ0n) is 14.9. The molecule has 2 N–H and O–H groups in total. The number of non-ortho nitro benzene ring substituents is 1. The maximum Gasteiger partial charge on any atom is 0.270 e. The number of hydrogen-bond donors (Lipinski definition) is 2. The molecule has 0 saturated heterocycles. The Morgan fingerprint density at radius 3 is 2.59 bits per heavy atom. The number of anilines is 1. The summed E-state index contributed by atoms with van der Waals surface area (Å²) in [4.78, 5) is 35.4. The van der Waals surface area contributed by atoms with Gasteiger partial charge in [0.05, 0.1) is 15.5 Å². The first-order valence-corrected chi connectivity index (χ1v) is 9.30. The van der Waals surface area contributed by atoms with Gasteiger partial charge in [0.25, 0.3) is 11.6 Å². The van der Waals surface area contributed by atoms with Crippen molar-refractivity contribution in [2.75, 3.05) is 5.32 Å². The van der Waals surface area contributed by atoms with Gasteiger partial charge in [0, 0.05) is 12.1 Å². The van der Waals surface area contributed by atoms with Crippen LogP contribution in [0.2, 0.25) is 5.02 Å². The van der Waals surface area contributed by atoms with E-state index in [0.717, 1.165) is 11.1 Å². The minimum absolute atomic E-state index is 0.0534. The van der Waals surface area contributed by atoms with Crippen LogP contribution in [0.25, 0.3) is 0 Å². The Balaban J connectivity index is 2.17. The van der Waals surface area contributed by atoms with Crippen LogP contribution >= 0.6 is 22.9 Å². The Kier molecular flexibility index (Phi) is 6.81. The number of carbonyl (C=O) groups excluding carboxylic acids is 2. The van der Waals surface area contributed by atoms with Gasteiger partial charge in [-0.15, -0.1) is 10.2 Å². The topological polar surface area (TPSA) is 127 Å². The third kappa shape index (κ3) is 5.20. The number of aryl methyl sites for hydroxylation is 1. The van der Waals surface area contributed by atoms with Crippen molar-refractivity contribution in [3.63, 3.8) is 0 Å². The van der Waals surface area contributed by atoms with Crippen LogP contribution in [-0.2, 0) is 11.2 Å². The van der Waals surface area contributed by atoms with Crippen molar-refractivity contribution < 1.29 is 14.5 Å². The first kappa shape index (κ1) is 20.7. The standard InChI is InChI=1S/C16H18ClN5O4S/c1-4-12-20-21-16(27-12)19-15(24)13(8(2)3)18-14(23)10-7-9(22(25)26)5-6-11(10)17/h5-8,13H,4H2,1-3H3,(H,18,23)(H,19,21,24). The van der Waals surface area contributed by atoms with E-state index in [2.05, 4.69) is 20.8 Å². The largest absolute Gasteiger partial charge is 0.340 e. The highest BCUT2D eigenvalue weighted by Gasteiger charge is 2.27. The number of nitro benzene ring substituents is 1. The van der Waals surface area contributed by atoms with Crippen LogP contribution in [-0.4, -0.2) is 33.0 Å². The zero-order valence-corrected chi connectivity index (χ0v) is 16.4. The zero-order chi connectivity index (χ0) is 20.1. The molecule has 0 aliphatic rings. The first-order chi connectivity index (χ1) is 12.7. The molecule has 9 nitrogen and oxygen atoms in total. The molecule has 0 fully saturated rings. The molecule has 2 rings (SSSR count). The molecule has 0 aliphatic heterocycles. The van der Waals surface area contributed by atoms with Gasteiger partial charge in [0.1, 0.15) is 11.0 Å². The summed E-state index contributed by atoms with van der Waals surface area (Å²) in [6, 6.07) is 2.66. The number of rotatable bonds is 7. The van der Waals surface area contributed by atoms with E-state index >= 15 is 0 Å². The van der Waals surface area contributed by atoms with Gasteiger partial charge in [0.2, 0.25) is 11.0 Å². The number of carbonyl (C=O) groups is 2. The van der Waals surface area contributed by atoms with Crippen LogP contribution in [0.15, 0.2) is 18.2 Å². The lowest BCUT2D eigenvalue weighted by Crippen LogP contribution is -2.47. The molecule has 0 spiro atoms. The van der Waals surface area contributed by atoms with Crippen LogP contribution in [0, 0.1) is 16.0 Å². The van der Waals surface area contributed by atoms with Crippen LogP contribution in [0.3, 0.4) is 0 Å². The minimum atomic E-state index is -0.887. The van der Waals surface area contributed by atoms with Crippen LogP contribution in [0.1, 0.15) is 36.1 Å². The molecule has 144 valence electrons. The molecule has 2 aromatic rings. The summed E-state index contributed by atoms with van der Waals surface area (Å²) in [5, 5.41) is 25.1. The highest BCUT2D eigenvalue weighted by Crippen LogP contribution is 2.23. The van der Waals surface area contributed by atoms with E-state index in [1.165, 1.54) is 23.5 Å². The Bertz CT molecular complexity index is 870. The molecule has 27 heavy (non-hydrogen) atoms. The van der Waals surface area contributed by atoms with Crippen molar-refractivity contribution in [2.24, 2.45) is 5.92 Å². The van der Waals surface area contributed by atoms with E-state index in [4.69, 9.17) is 11.6 Å². The highest BCUT2D eigenvalue weighted by atomic mass is 35.5. The van der Waals surface area contributed by atoms with Crippen molar-refractivity contribution >= 4 is 45.6 Å². The van der Waals surface area contributed by atoms with Gasteiger partial charge in [-0.05, 0) is 18.4 Å².